The normalized spacial score (nSPS) is 15.3. The highest BCUT2D eigenvalue weighted by Gasteiger charge is 2.11. The van der Waals surface area contributed by atoms with E-state index < -0.39 is 0 Å². The van der Waals surface area contributed by atoms with Gasteiger partial charge in [-0.15, -0.1) is 0 Å². The molecule has 1 saturated heterocycles. The zero-order valence-corrected chi connectivity index (χ0v) is 12.8. The second-order valence-corrected chi connectivity index (χ2v) is 5.06. The number of ether oxygens (including phenoxy) is 1. The van der Waals surface area contributed by atoms with Gasteiger partial charge in [-0.2, -0.15) is 0 Å². The van der Waals surface area contributed by atoms with E-state index in [-0.39, 0.29) is 5.91 Å². The summed E-state index contributed by atoms with van der Waals surface area (Å²) in [6, 6.07) is 7.46. The second kappa shape index (κ2) is 7.92. The molecule has 0 radical (unpaired) electrons. The molecule has 1 fully saturated rings. The lowest BCUT2D eigenvalue weighted by Crippen LogP contribution is -2.49. The molecular weight excluding hydrogens is 288 g/mol. The highest BCUT2D eigenvalue weighted by molar-refractivity contribution is 7.80. The van der Waals surface area contributed by atoms with Crippen molar-refractivity contribution < 1.29 is 9.53 Å². The number of amides is 1. The third kappa shape index (κ3) is 5.30. The molecule has 7 heteroatoms. The van der Waals surface area contributed by atoms with E-state index in [9.17, 15) is 4.79 Å². The van der Waals surface area contributed by atoms with Crippen LogP contribution in [0.4, 0.5) is 11.4 Å². The summed E-state index contributed by atoms with van der Waals surface area (Å²) in [5.41, 5.74) is 4.70. The summed E-state index contributed by atoms with van der Waals surface area (Å²) in [7, 11) is 0. The molecule has 1 aromatic carbocycles. The Morgan fingerprint density at radius 3 is 2.62 bits per heavy atom. The van der Waals surface area contributed by atoms with E-state index in [0.717, 1.165) is 24.5 Å². The van der Waals surface area contributed by atoms with Crippen molar-refractivity contribution >= 4 is 34.6 Å². The minimum Gasteiger partial charge on any atom is -0.379 e. The standard InChI is InChI=1S/C14H20N4O2S/c1-2-13(19)15-11-4-3-5-12(10-11)16-14(21)17-18-6-8-20-9-7-18/h3-5,10H,2,6-9H2,1H3,(H,15,19)(H2,16,17,21). The maximum absolute atomic E-state index is 11.4. The maximum atomic E-state index is 11.4. The Balaban J connectivity index is 1.87. The fourth-order valence-corrected chi connectivity index (χ4v) is 2.15. The molecule has 21 heavy (non-hydrogen) atoms. The van der Waals surface area contributed by atoms with Gasteiger partial charge in [0.15, 0.2) is 5.11 Å². The van der Waals surface area contributed by atoms with Gasteiger partial charge < -0.3 is 15.4 Å². The van der Waals surface area contributed by atoms with Crippen molar-refractivity contribution in [1.29, 1.82) is 0 Å². The number of morpholine rings is 1. The second-order valence-electron chi connectivity index (χ2n) is 4.65. The van der Waals surface area contributed by atoms with Crippen LogP contribution in [0.2, 0.25) is 0 Å². The van der Waals surface area contributed by atoms with E-state index in [0.29, 0.717) is 24.7 Å². The first-order valence-electron chi connectivity index (χ1n) is 6.97. The zero-order valence-electron chi connectivity index (χ0n) is 12.0. The van der Waals surface area contributed by atoms with Crippen LogP contribution in [0, 0.1) is 0 Å². The van der Waals surface area contributed by atoms with Gasteiger partial charge in [-0.05, 0) is 30.4 Å². The molecule has 0 saturated carbocycles. The van der Waals surface area contributed by atoms with Gasteiger partial charge in [0.25, 0.3) is 0 Å². The van der Waals surface area contributed by atoms with E-state index in [1.54, 1.807) is 0 Å². The maximum Gasteiger partial charge on any atom is 0.224 e. The Morgan fingerprint density at radius 1 is 1.29 bits per heavy atom. The van der Waals surface area contributed by atoms with Crippen LogP contribution in [0.5, 0.6) is 0 Å². The van der Waals surface area contributed by atoms with Crippen LogP contribution in [0.3, 0.4) is 0 Å². The molecule has 0 spiro atoms. The van der Waals surface area contributed by atoms with Crippen molar-refractivity contribution in [1.82, 2.24) is 10.4 Å². The van der Waals surface area contributed by atoms with Crippen molar-refractivity contribution in [3.8, 4) is 0 Å². The highest BCUT2D eigenvalue weighted by atomic mass is 32.1. The lowest BCUT2D eigenvalue weighted by atomic mass is 10.2. The first-order chi connectivity index (χ1) is 10.2. The van der Waals surface area contributed by atoms with Gasteiger partial charge in [0.1, 0.15) is 0 Å². The first kappa shape index (κ1) is 15.7. The quantitative estimate of drug-likeness (QED) is 0.734. The SMILES string of the molecule is CCC(=O)Nc1cccc(NC(=S)NN2CCOCC2)c1. The third-order valence-corrected chi connectivity index (χ3v) is 3.19. The van der Waals surface area contributed by atoms with Gasteiger partial charge in [0.05, 0.1) is 13.2 Å². The number of nitrogens with zero attached hydrogens (tertiary/aromatic N) is 1. The minimum absolute atomic E-state index is 0.0128. The summed E-state index contributed by atoms with van der Waals surface area (Å²) >= 11 is 5.28. The molecule has 0 aromatic heterocycles. The predicted octanol–water partition coefficient (Wildman–Crippen LogP) is 1.57. The molecule has 6 nitrogen and oxygen atoms in total. The Kier molecular flexibility index (Phi) is 5.91. The van der Waals surface area contributed by atoms with E-state index in [2.05, 4.69) is 16.1 Å². The van der Waals surface area contributed by atoms with Crippen molar-refractivity contribution in [3.05, 3.63) is 24.3 Å². The summed E-state index contributed by atoms with van der Waals surface area (Å²) in [5, 5.41) is 8.46. The molecular formula is C14H20N4O2S. The van der Waals surface area contributed by atoms with Crippen LogP contribution in [0.15, 0.2) is 24.3 Å². The number of nitrogens with one attached hydrogen (secondary N) is 3. The molecule has 3 N–H and O–H groups in total. The van der Waals surface area contributed by atoms with E-state index in [1.165, 1.54) is 0 Å². The number of hydrogen-bond donors (Lipinski definition) is 3. The number of carbonyl (C=O) groups is 1. The monoisotopic (exact) mass is 308 g/mol. The summed E-state index contributed by atoms with van der Waals surface area (Å²) in [5.74, 6) is -0.0128. The Bertz CT molecular complexity index is 504. The molecule has 1 heterocycles. The predicted molar refractivity (Wildman–Crippen MR) is 87.1 cm³/mol. The van der Waals surface area contributed by atoms with Gasteiger partial charge >= 0.3 is 0 Å². The summed E-state index contributed by atoms with van der Waals surface area (Å²) in [4.78, 5) is 11.4. The molecule has 1 aliphatic rings. The van der Waals surface area contributed by atoms with E-state index in [4.69, 9.17) is 17.0 Å². The van der Waals surface area contributed by atoms with Crippen LogP contribution in [-0.2, 0) is 9.53 Å². The summed E-state index contributed by atoms with van der Waals surface area (Å²) in [6.07, 6.45) is 0.453. The first-order valence-corrected chi connectivity index (χ1v) is 7.38. The number of rotatable bonds is 4. The smallest absolute Gasteiger partial charge is 0.224 e. The van der Waals surface area contributed by atoms with Crippen LogP contribution in [-0.4, -0.2) is 42.3 Å². The van der Waals surface area contributed by atoms with Crippen molar-refractivity contribution in [2.45, 2.75) is 13.3 Å². The molecule has 1 aliphatic heterocycles. The van der Waals surface area contributed by atoms with Crippen LogP contribution in [0.1, 0.15) is 13.3 Å². The summed E-state index contributed by atoms with van der Waals surface area (Å²) in [6.45, 7) is 4.82. The Hall–Kier alpha value is -1.70. The number of carbonyl (C=O) groups excluding carboxylic acids is 1. The zero-order chi connectivity index (χ0) is 15.1. The van der Waals surface area contributed by atoms with Crippen LogP contribution >= 0.6 is 12.2 Å². The summed E-state index contributed by atoms with van der Waals surface area (Å²) < 4.78 is 5.28. The van der Waals surface area contributed by atoms with Crippen LogP contribution < -0.4 is 16.1 Å². The van der Waals surface area contributed by atoms with Crippen LogP contribution in [0.25, 0.3) is 0 Å². The van der Waals surface area contributed by atoms with Gasteiger partial charge in [-0.3, -0.25) is 10.2 Å². The van der Waals surface area contributed by atoms with Gasteiger partial charge in [-0.25, -0.2) is 5.01 Å². The number of hydrazine groups is 1. The molecule has 0 unspecified atom stereocenters. The minimum atomic E-state index is -0.0128. The lowest BCUT2D eigenvalue weighted by Gasteiger charge is -2.28. The average Bonchev–Trinajstić information content (AvgIpc) is 2.48. The van der Waals surface area contributed by atoms with E-state index in [1.807, 2.05) is 36.2 Å². The Morgan fingerprint density at radius 2 is 1.95 bits per heavy atom. The molecule has 0 atom stereocenters. The number of thiocarbonyl (C=S) groups is 1. The third-order valence-electron chi connectivity index (χ3n) is 3.00. The fourth-order valence-electron chi connectivity index (χ4n) is 1.90. The average molecular weight is 308 g/mol. The topological polar surface area (TPSA) is 65.6 Å². The van der Waals surface area contributed by atoms with E-state index >= 15 is 0 Å². The molecule has 114 valence electrons. The fraction of sp³-hybridized carbons (Fsp3) is 0.429. The van der Waals surface area contributed by atoms with Crippen molar-refractivity contribution in [2.24, 2.45) is 0 Å². The molecule has 0 aliphatic carbocycles. The van der Waals surface area contributed by atoms with Crippen molar-refractivity contribution in [3.63, 3.8) is 0 Å². The number of benzene rings is 1. The lowest BCUT2D eigenvalue weighted by molar-refractivity contribution is -0.115. The largest absolute Gasteiger partial charge is 0.379 e. The molecule has 1 aromatic rings. The number of anilines is 2. The number of hydrogen-bond acceptors (Lipinski definition) is 4. The molecule has 2 rings (SSSR count). The van der Waals surface area contributed by atoms with Gasteiger partial charge in [0, 0.05) is 30.9 Å². The van der Waals surface area contributed by atoms with Crippen molar-refractivity contribution in [2.75, 3.05) is 36.9 Å². The molecule has 1 amide bonds. The highest BCUT2D eigenvalue weighted by Crippen LogP contribution is 2.15. The Labute approximate surface area is 129 Å². The molecule has 0 bridgehead atoms. The van der Waals surface area contributed by atoms with Gasteiger partial charge in [0.2, 0.25) is 5.91 Å². The van der Waals surface area contributed by atoms with Gasteiger partial charge in [-0.1, -0.05) is 13.0 Å².